The molecule has 126 valence electrons. The Kier molecular flexibility index (Phi) is 4.97. The molecule has 1 heterocycles. The molecule has 0 bridgehead atoms. The second kappa shape index (κ2) is 6.76. The zero-order valence-corrected chi connectivity index (χ0v) is 12.1. The van der Waals surface area contributed by atoms with E-state index in [2.05, 4.69) is 10.1 Å². The second-order valence-electron chi connectivity index (χ2n) is 5.24. The van der Waals surface area contributed by atoms with Gasteiger partial charge < -0.3 is 20.7 Å². The quantitative estimate of drug-likeness (QED) is 0.853. The second-order valence-corrected chi connectivity index (χ2v) is 5.24. The molecule has 1 aromatic rings. The molecule has 2 amide bonds. The lowest BCUT2D eigenvalue weighted by atomic mass is 9.98. The summed E-state index contributed by atoms with van der Waals surface area (Å²) < 4.78 is 42.5. The van der Waals surface area contributed by atoms with E-state index in [9.17, 15) is 22.8 Å². The summed E-state index contributed by atoms with van der Waals surface area (Å²) in [5, 5.41) is 2.47. The first kappa shape index (κ1) is 16.9. The first-order valence-electron chi connectivity index (χ1n) is 6.87. The number of anilines is 1. The normalized spacial score (nSPS) is 15.0. The monoisotopic (exact) mass is 331 g/mol. The van der Waals surface area contributed by atoms with Crippen LogP contribution in [0.1, 0.15) is 5.56 Å². The van der Waals surface area contributed by atoms with Gasteiger partial charge in [-0.15, -0.1) is 0 Å². The first-order valence-corrected chi connectivity index (χ1v) is 6.87. The van der Waals surface area contributed by atoms with Crippen molar-refractivity contribution in [3.05, 3.63) is 29.8 Å². The number of rotatable bonds is 5. The van der Waals surface area contributed by atoms with Gasteiger partial charge in [-0.25, -0.2) is 4.79 Å². The highest BCUT2D eigenvalue weighted by molar-refractivity contribution is 5.78. The van der Waals surface area contributed by atoms with Gasteiger partial charge in [-0.3, -0.25) is 4.79 Å². The zero-order chi connectivity index (χ0) is 17.0. The average Bonchev–Trinajstić information content (AvgIpc) is 2.43. The molecular formula is C14H16F3N3O3. The van der Waals surface area contributed by atoms with E-state index in [-0.39, 0.29) is 5.92 Å². The Morgan fingerprint density at radius 3 is 2.65 bits per heavy atom. The van der Waals surface area contributed by atoms with Crippen LogP contribution < -0.4 is 16.0 Å². The SMILES string of the molecule is NC(=O)COC(=O)NCC1CN(c2cccc(C(F)(F)F)c2)C1. The number of hydrogen-bond donors (Lipinski definition) is 2. The van der Waals surface area contributed by atoms with Crippen LogP contribution in [-0.2, 0) is 15.7 Å². The van der Waals surface area contributed by atoms with Crippen molar-refractivity contribution in [1.82, 2.24) is 5.32 Å². The molecule has 6 nitrogen and oxygen atoms in total. The van der Waals surface area contributed by atoms with Crippen LogP contribution >= 0.6 is 0 Å². The van der Waals surface area contributed by atoms with Gasteiger partial charge in [0.25, 0.3) is 5.91 Å². The maximum absolute atomic E-state index is 12.7. The van der Waals surface area contributed by atoms with Crippen molar-refractivity contribution in [2.24, 2.45) is 11.7 Å². The highest BCUT2D eigenvalue weighted by Crippen LogP contribution is 2.33. The molecule has 3 N–H and O–H groups in total. The fourth-order valence-electron chi connectivity index (χ4n) is 2.20. The minimum atomic E-state index is -4.37. The summed E-state index contributed by atoms with van der Waals surface area (Å²) in [4.78, 5) is 23.4. The van der Waals surface area contributed by atoms with E-state index in [4.69, 9.17) is 5.73 Å². The molecule has 0 unspecified atom stereocenters. The van der Waals surface area contributed by atoms with Crippen molar-refractivity contribution in [2.75, 3.05) is 31.1 Å². The minimum Gasteiger partial charge on any atom is -0.439 e. The molecular weight excluding hydrogens is 315 g/mol. The van der Waals surface area contributed by atoms with Crippen LogP contribution in [0.2, 0.25) is 0 Å². The Morgan fingerprint density at radius 2 is 2.04 bits per heavy atom. The van der Waals surface area contributed by atoms with Gasteiger partial charge in [0.2, 0.25) is 0 Å². The predicted molar refractivity (Wildman–Crippen MR) is 75.7 cm³/mol. The lowest BCUT2D eigenvalue weighted by molar-refractivity contribution is -0.137. The summed E-state index contributed by atoms with van der Waals surface area (Å²) >= 11 is 0. The Balaban J connectivity index is 1.77. The first-order chi connectivity index (χ1) is 10.8. The molecule has 1 saturated heterocycles. The summed E-state index contributed by atoms with van der Waals surface area (Å²) in [6.07, 6.45) is -5.12. The van der Waals surface area contributed by atoms with Crippen molar-refractivity contribution in [3.8, 4) is 0 Å². The lowest BCUT2D eigenvalue weighted by Crippen LogP contribution is -2.51. The fraction of sp³-hybridized carbons (Fsp3) is 0.429. The van der Waals surface area contributed by atoms with Crippen LogP contribution in [0, 0.1) is 5.92 Å². The van der Waals surface area contributed by atoms with Crippen molar-refractivity contribution < 1.29 is 27.5 Å². The smallest absolute Gasteiger partial charge is 0.416 e. The Morgan fingerprint density at radius 1 is 1.35 bits per heavy atom. The number of benzene rings is 1. The summed E-state index contributed by atoms with van der Waals surface area (Å²) in [5.74, 6) is -0.648. The van der Waals surface area contributed by atoms with Crippen molar-refractivity contribution >= 4 is 17.7 Å². The summed E-state index contributed by atoms with van der Waals surface area (Å²) in [7, 11) is 0. The third-order valence-corrected chi connectivity index (χ3v) is 3.38. The third-order valence-electron chi connectivity index (χ3n) is 3.38. The number of alkyl carbamates (subject to hydrolysis) is 1. The van der Waals surface area contributed by atoms with E-state index >= 15 is 0 Å². The number of alkyl halides is 3. The number of nitrogens with two attached hydrogens (primary N) is 1. The van der Waals surface area contributed by atoms with E-state index < -0.39 is 30.3 Å². The number of primary amides is 1. The maximum Gasteiger partial charge on any atom is 0.416 e. The molecule has 23 heavy (non-hydrogen) atoms. The van der Waals surface area contributed by atoms with E-state index in [1.54, 1.807) is 11.0 Å². The zero-order valence-electron chi connectivity index (χ0n) is 12.1. The molecule has 1 fully saturated rings. The minimum absolute atomic E-state index is 0.102. The van der Waals surface area contributed by atoms with Crippen LogP contribution in [0.5, 0.6) is 0 Å². The molecule has 1 aliphatic rings. The van der Waals surface area contributed by atoms with Crippen molar-refractivity contribution in [1.29, 1.82) is 0 Å². The average molecular weight is 331 g/mol. The largest absolute Gasteiger partial charge is 0.439 e. The van der Waals surface area contributed by atoms with Crippen LogP contribution in [0.3, 0.4) is 0 Å². The molecule has 0 aliphatic carbocycles. The number of carbonyl (C=O) groups is 2. The number of nitrogens with zero attached hydrogens (tertiary/aromatic N) is 1. The number of hydrogen-bond acceptors (Lipinski definition) is 4. The molecule has 0 atom stereocenters. The molecule has 0 spiro atoms. The maximum atomic E-state index is 12.7. The van der Waals surface area contributed by atoms with Crippen LogP contribution in [0.15, 0.2) is 24.3 Å². The molecule has 1 aliphatic heterocycles. The fourth-order valence-corrected chi connectivity index (χ4v) is 2.20. The van der Waals surface area contributed by atoms with E-state index in [0.717, 1.165) is 12.1 Å². The van der Waals surface area contributed by atoms with E-state index in [0.29, 0.717) is 25.3 Å². The van der Waals surface area contributed by atoms with Crippen molar-refractivity contribution in [3.63, 3.8) is 0 Å². The molecule has 0 saturated carbocycles. The van der Waals surface area contributed by atoms with Crippen LogP contribution in [-0.4, -0.2) is 38.2 Å². The molecule has 2 rings (SSSR count). The van der Waals surface area contributed by atoms with Gasteiger partial charge in [-0.05, 0) is 18.2 Å². The van der Waals surface area contributed by atoms with Gasteiger partial charge in [0, 0.05) is 31.2 Å². The van der Waals surface area contributed by atoms with Gasteiger partial charge in [-0.2, -0.15) is 13.2 Å². The lowest BCUT2D eigenvalue weighted by Gasteiger charge is -2.41. The number of carbonyl (C=O) groups excluding carboxylic acids is 2. The molecule has 9 heteroatoms. The molecule has 1 aromatic carbocycles. The number of nitrogens with one attached hydrogen (secondary N) is 1. The van der Waals surface area contributed by atoms with E-state index in [1.807, 2.05) is 0 Å². The third kappa shape index (κ3) is 4.76. The van der Waals surface area contributed by atoms with Crippen LogP contribution in [0.4, 0.5) is 23.7 Å². The van der Waals surface area contributed by atoms with Gasteiger partial charge in [0.1, 0.15) is 0 Å². The summed E-state index contributed by atoms with van der Waals surface area (Å²) in [6, 6.07) is 5.10. The highest BCUT2D eigenvalue weighted by atomic mass is 19.4. The summed E-state index contributed by atoms with van der Waals surface area (Å²) in [6.45, 7) is 0.870. The van der Waals surface area contributed by atoms with Gasteiger partial charge in [-0.1, -0.05) is 6.07 Å². The summed E-state index contributed by atoms with van der Waals surface area (Å²) in [5.41, 5.74) is 4.63. The predicted octanol–water partition coefficient (Wildman–Crippen LogP) is 1.35. The van der Waals surface area contributed by atoms with E-state index in [1.165, 1.54) is 6.07 Å². The Hall–Kier alpha value is -2.45. The number of ether oxygens (including phenoxy) is 1. The van der Waals surface area contributed by atoms with Gasteiger partial charge in [0.05, 0.1) is 5.56 Å². The van der Waals surface area contributed by atoms with Crippen molar-refractivity contribution in [2.45, 2.75) is 6.18 Å². The molecule has 0 aromatic heterocycles. The number of amides is 2. The highest BCUT2D eigenvalue weighted by Gasteiger charge is 2.32. The van der Waals surface area contributed by atoms with Gasteiger partial charge in [0.15, 0.2) is 6.61 Å². The number of halogens is 3. The van der Waals surface area contributed by atoms with Crippen LogP contribution in [0.25, 0.3) is 0 Å². The Bertz CT molecular complexity index is 586. The van der Waals surface area contributed by atoms with Gasteiger partial charge >= 0.3 is 12.3 Å². The topological polar surface area (TPSA) is 84.7 Å². The molecule has 0 radical (unpaired) electrons. The Labute approximate surface area is 130 Å². The standard InChI is InChI=1S/C14H16F3N3O3/c15-14(16,17)10-2-1-3-11(4-10)20-6-9(7-20)5-19-13(22)23-8-12(18)21/h1-4,9H,5-8H2,(H2,18,21)(H,19,22).